The Kier molecular flexibility index (Phi) is 5.98. The van der Waals surface area contributed by atoms with Gasteiger partial charge in [-0.25, -0.2) is 0 Å². The molecule has 0 spiro atoms. The minimum Gasteiger partial charge on any atom is -0.420 e. The van der Waals surface area contributed by atoms with Crippen molar-refractivity contribution in [2.45, 2.75) is 44.9 Å². The van der Waals surface area contributed by atoms with Gasteiger partial charge in [-0.15, -0.1) is 21.5 Å². The summed E-state index contributed by atoms with van der Waals surface area (Å²) in [5.74, 6) is 1.41. The van der Waals surface area contributed by atoms with E-state index in [9.17, 15) is 0 Å². The summed E-state index contributed by atoms with van der Waals surface area (Å²) in [4.78, 5) is 1.05. The van der Waals surface area contributed by atoms with Crippen LogP contribution in [0.5, 0.6) is 0 Å². The predicted octanol–water partition coefficient (Wildman–Crippen LogP) is 5.53. The minimum absolute atomic E-state index is 0.651. The Balaban J connectivity index is 1.28. The van der Waals surface area contributed by atoms with Crippen molar-refractivity contribution < 1.29 is 4.42 Å². The second-order valence-corrected chi connectivity index (χ2v) is 6.68. The smallest absolute Gasteiger partial charge is 0.257 e. The molecule has 3 rings (SSSR count). The fourth-order valence-corrected chi connectivity index (χ4v) is 3.28. The van der Waals surface area contributed by atoms with Gasteiger partial charge in [0.15, 0.2) is 0 Å². The van der Waals surface area contributed by atoms with E-state index in [1.54, 1.807) is 11.3 Å². The summed E-state index contributed by atoms with van der Waals surface area (Å²) in [6, 6.07) is 14.7. The molecule has 1 aromatic carbocycles. The third-order valence-electron chi connectivity index (χ3n) is 3.90. The Hall–Kier alpha value is -1.94. The van der Waals surface area contributed by atoms with E-state index in [1.807, 2.05) is 17.5 Å². The van der Waals surface area contributed by atoms with Gasteiger partial charge in [-0.1, -0.05) is 55.7 Å². The molecule has 23 heavy (non-hydrogen) atoms. The fraction of sp³-hybridized carbons (Fsp3) is 0.368. The summed E-state index contributed by atoms with van der Waals surface area (Å²) < 4.78 is 5.70. The van der Waals surface area contributed by atoms with Crippen LogP contribution in [0.25, 0.3) is 10.8 Å². The second-order valence-electron chi connectivity index (χ2n) is 5.73. The minimum atomic E-state index is 0.651. The molecule has 4 heteroatoms. The first-order valence-electron chi connectivity index (χ1n) is 8.32. The van der Waals surface area contributed by atoms with Gasteiger partial charge >= 0.3 is 0 Å². The lowest BCUT2D eigenvalue weighted by Crippen LogP contribution is -1.88. The molecule has 2 aromatic heterocycles. The van der Waals surface area contributed by atoms with E-state index in [0.717, 1.165) is 23.6 Å². The Morgan fingerprint density at radius 2 is 1.57 bits per heavy atom. The van der Waals surface area contributed by atoms with Gasteiger partial charge in [-0.3, -0.25) is 0 Å². The molecule has 0 bridgehead atoms. The first kappa shape index (κ1) is 15.9. The first-order chi connectivity index (χ1) is 11.4. The van der Waals surface area contributed by atoms with Crippen molar-refractivity contribution in [3.05, 3.63) is 59.3 Å². The van der Waals surface area contributed by atoms with Gasteiger partial charge in [0.25, 0.3) is 5.89 Å². The highest BCUT2D eigenvalue weighted by molar-refractivity contribution is 7.13. The summed E-state index contributed by atoms with van der Waals surface area (Å²) in [7, 11) is 0. The third kappa shape index (κ3) is 5.03. The van der Waals surface area contributed by atoms with Gasteiger partial charge in [0, 0.05) is 6.42 Å². The van der Waals surface area contributed by atoms with E-state index in [2.05, 4.69) is 40.5 Å². The van der Waals surface area contributed by atoms with E-state index in [1.165, 1.54) is 37.7 Å². The largest absolute Gasteiger partial charge is 0.420 e. The summed E-state index contributed by atoms with van der Waals surface area (Å²) >= 11 is 1.63. The highest BCUT2D eigenvalue weighted by atomic mass is 32.1. The molecule has 120 valence electrons. The van der Waals surface area contributed by atoms with Gasteiger partial charge in [0.2, 0.25) is 5.89 Å². The summed E-state index contributed by atoms with van der Waals surface area (Å²) in [5.41, 5.74) is 1.44. The van der Waals surface area contributed by atoms with Gasteiger partial charge in [0.05, 0.1) is 4.88 Å². The van der Waals surface area contributed by atoms with Gasteiger partial charge in [-0.05, 0) is 36.3 Å². The third-order valence-corrected chi connectivity index (χ3v) is 4.76. The number of thiophene rings is 1. The van der Waals surface area contributed by atoms with Crippen LogP contribution in [0, 0.1) is 0 Å². The number of aryl methyl sites for hydroxylation is 2. The van der Waals surface area contributed by atoms with Crippen LogP contribution in [0.3, 0.4) is 0 Å². The van der Waals surface area contributed by atoms with Crippen molar-refractivity contribution >= 4 is 11.3 Å². The summed E-state index contributed by atoms with van der Waals surface area (Å²) in [6.45, 7) is 0. The summed E-state index contributed by atoms with van der Waals surface area (Å²) in [5, 5.41) is 10.3. The fourth-order valence-electron chi connectivity index (χ4n) is 2.63. The van der Waals surface area contributed by atoms with E-state index in [0.29, 0.717) is 5.89 Å². The molecule has 2 heterocycles. The van der Waals surface area contributed by atoms with E-state index >= 15 is 0 Å². The maximum Gasteiger partial charge on any atom is 0.257 e. The number of rotatable bonds is 9. The Morgan fingerprint density at radius 1 is 0.783 bits per heavy atom. The van der Waals surface area contributed by atoms with Crippen LogP contribution < -0.4 is 0 Å². The lowest BCUT2D eigenvalue weighted by atomic mass is 10.1. The van der Waals surface area contributed by atoms with Crippen molar-refractivity contribution in [3.8, 4) is 10.8 Å². The number of nitrogens with zero attached hydrogens (tertiary/aromatic N) is 2. The summed E-state index contributed by atoms with van der Waals surface area (Å²) in [6.07, 6.45) is 8.26. The number of benzene rings is 1. The van der Waals surface area contributed by atoms with Gasteiger partial charge in [0.1, 0.15) is 0 Å². The number of hydrogen-bond acceptors (Lipinski definition) is 4. The zero-order valence-electron chi connectivity index (χ0n) is 13.3. The van der Waals surface area contributed by atoms with Gasteiger partial charge in [-0.2, -0.15) is 0 Å². The molecule has 0 saturated heterocycles. The van der Waals surface area contributed by atoms with Crippen LogP contribution in [-0.4, -0.2) is 10.2 Å². The first-order valence-corrected chi connectivity index (χ1v) is 9.20. The molecular formula is C19H22N2OS. The molecule has 0 atom stereocenters. The van der Waals surface area contributed by atoms with E-state index in [-0.39, 0.29) is 0 Å². The molecule has 0 unspecified atom stereocenters. The monoisotopic (exact) mass is 326 g/mol. The van der Waals surface area contributed by atoms with Crippen LogP contribution in [0.15, 0.2) is 52.3 Å². The maximum absolute atomic E-state index is 5.70. The van der Waals surface area contributed by atoms with Crippen LogP contribution in [0.4, 0.5) is 0 Å². The van der Waals surface area contributed by atoms with Crippen molar-refractivity contribution in [3.63, 3.8) is 0 Å². The number of aromatic nitrogens is 2. The Morgan fingerprint density at radius 3 is 2.35 bits per heavy atom. The predicted molar refractivity (Wildman–Crippen MR) is 94.5 cm³/mol. The number of hydrogen-bond donors (Lipinski definition) is 0. The van der Waals surface area contributed by atoms with Crippen molar-refractivity contribution in [2.24, 2.45) is 0 Å². The van der Waals surface area contributed by atoms with E-state index < -0.39 is 0 Å². The zero-order chi connectivity index (χ0) is 15.7. The Bertz CT molecular complexity index is 676. The van der Waals surface area contributed by atoms with Crippen LogP contribution in [-0.2, 0) is 12.8 Å². The van der Waals surface area contributed by atoms with Gasteiger partial charge < -0.3 is 4.42 Å². The van der Waals surface area contributed by atoms with Crippen molar-refractivity contribution in [1.29, 1.82) is 0 Å². The quantitative estimate of drug-likeness (QED) is 0.485. The molecule has 0 fully saturated rings. The Labute approximate surface area is 141 Å². The standard InChI is InChI=1S/C19H22N2OS/c1(2-5-10-16-11-6-4-7-12-16)3-8-14-18-20-21-19(22-18)17-13-9-15-23-17/h4,6-7,9,11-13,15H,1-3,5,8,10,14H2. The van der Waals surface area contributed by atoms with Crippen molar-refractivity contribution in [2.75, 3.05) is 0 Å². The van der Waals surface area contributed by atoms with E-state index in [4.69, 9.17) is 4.42 Å². The highest BCUT2D eigenvalue weighted by Gasteiger charge is 2.08. The van der Waals surface area contributed by atoms with Crippen LogP contribution >= 0.6 is 11.3 Å². The lowest BCUT2D eigenvalue weighted by molar-refractivity contribution is 0.488. The average molecular weight is 326 g/mol. The molecule has 0 radical (unpaired) electrons. The number of unbranched alkanes of at least 4 members (excludes halogenated alkanes) is 4. The topological polar surface area (TPSA) is 38.9 Å². The molecule has 3 aromatic rings. The second kappa shape index (κ2) is 8.63. The molecule has 0 aliphatic carbocycles. The SMILES string of the molecule is c1ccc(CCCCCCCc2nnc(-c3cccs3)o2)cc1. The molecular weight excluding hydrogens is 304 g/mol. The van der Waals surface area contributed by atoms with Crippen LogP contribution in [0.2, 0.25) is 0 Å². The molecule has 0 amide bonds. The zero-order valence-corrected chi connectivity index (χ0v) is 14.1. The molecule has 0 N–H and O–H groups in total. The molecule has 0 aliphatic rings. The van der Waals surface area contributed by atoms with Crippen LogP contribution in [0.1, 0.15) is 43.6 Å². The molecule has 0 aliphatic heterocycles. The molecule has 3 nitrogen and oxygen atoms in total. The lowest BCUT2D eigenvalue weighted by Gasteiger charge is -2.01. The average Bonchev–Trinajstić information content (AvgIpc) is 3.26. The highest BCUT2D eigenvalue weighted by Crippen LogP contribution is 2.23. The molecule has 0 saturated carbocycles. The normalized spacial score (nSPS) is 11.0. The maximum atomic E-state index is 5.70. The van der Waals surface area contributed by atoms with Crippen molar-refractivity contribution in [1.82, 2.24) is 10.2 Å².